The van der Waals surface area contributed by atoms with Gasteiger partial charge in [0, 0.05) is 24.9 Å². The third-order valence-electron chi connectivity index (χ3n) is 4.38. The lowest BCUT2D eigenvalue weighted by Crippen LogP contribution is -2.34. The SMILES string of the molecule is Cc1cc(-c2noc(CCC(=O)NCC3(C(=O)O)CC3)n2)ccc1F. The number of aromatic nitrogens is 2. The molecular weight excluding hydrogens is 329 g/mol. The molecule has 2 aromatic rings. The number of halogens is 1. The molecule has 8 heteroatoms. The Kier molecular flexibility index (Phi) is 4.52. The monoisotopic (exact) mass is 347 g/mol. The number of carbonyl (C=O) groups excluding carboxylic acids is 1. The fourth-order valence-corrected chi connectivity index (χ4v) is 2.45. The fourth-order valence-electron chi connectivity index (χ4n) is 2.45. The van der Waals surface area contributed by atoms with Crippen LogP contribution in [-0.2, 0) is 16.0 Å². The molecule has 0 bridgehead atoms. The number of amides is 1. The van der Waals surface area contributed by atoms with Crippen molar-refractivity contribution in [2.45, 2.75) is 32.6 Å². The Morgan fingerprint density at radius 1 is 1.40 bits per heavy atom. The van der Waals surface area contributed by atoms with Crippen LogP contribution in [0.1, 0.15) is 30.7 Å². The summed E-state index contributed by atoms with van der Waals surface area (Å²) < 4.78 is 18.4. The van der Waals surface area contributed by atoms with E-state index in [-0.39, 0.29) is 31.1 Å². The highest BCUT2D eigenvalue weighted by molar-refractivity contribution is 5.81. The van der Waals surface area contributed by atoms with E-state index in [2.05, 4.69) is 15.5 Å². The number of hydrogen-bond donors (Lipinski definition) is 2. The molecule has 1 aliphatic carbocycles. The summed E-state index contributed by atoms with van der Waals surface area (Å²) in [6.45, 7) is 1.79. The fraction of sp³-hybridized carbons (Fsp3) is 0.412. The Labute approximate surface area is 143 Å². The Morgan fingerprint density at radius 3 is 2.80 bits per heavy atom. The largest absolute Gasteiger partial charge is 0.481 e. The van der Waals surface area contributed by atoms with Crippen LogP contribution >= 0.6 is 0 Å². The summed E-state index contributed by atoms with van der Waals surface area (Å²) in [4.78, 5) is 27.1. The summed E-state index contributed by atoms with van der Waals surface area (Å²) in [7, 11) is 0. The van der Waals surface area contributed by atoms with E-state index in [1.54, 1.807) is 19.1 Å². The summed E-state index contributed by atoms with van der Waals surface area (Å²) in [5.74, 6) is -0.805. The van der Waals surface area contributed by atoms with E-state index in [1.165, 1.54) is 6.07 Å². The standard InChI is InChI=1S/C17H18FN3O4/c1-10-8-11(2-3-12(10)18)15-20-14(25-21-15)5-4-13(22)19-9-17(6-7-17)16(23)24/h2-3,8H,4-7,9H2,1H3,(H,19,22)(H,23,24). The highest BCUT2D eigenvalue weighted by atomic mass is 19.1. The predicted molar refractivity (Wildman–Crippen MR) is 85.1 cm³/mol. The van der Waals surface area contributed by atoms with Gasteiger partial charge in [-0.2, -0.15) is 4.98 Å². The first-order valence-corrected chi connectivity index (χ1v) is 7.99. The van der Waals surface area contributed by atoms with Gasteiger partial charge in [-0.25, -0.2) is 4.39 Å². The number of aryl methyl sites for hydroxylation is 2. The van der Waals surface area contributed by atoms with Crippen molar-refractivity contribution in [2.24, 2.45) is 5.41 Å². The summed E-state index contributed by atoms with van der Waals surface area (Å²) in [5, 5.41) is 15.5. The number of carboxylic acid groups (broad SMARTS) is 1. The Hall–Kier alpha value is -2.77. The van der Waals surface area contributed by atoms with Gasteiger partial charge in [0.05, 0.1) is 5.41 Å². The number of benzene rings is 1. The van der Waals surface area contributed by atoms with Crippen LogP contribution in [0.3, 0.4) is 0 Å². The van der Waals surface area contributed by atoms with Crippen molar-refractivity contribution in [3.63, 3.8) is 0 Å². The quantitative estimate of drug-likeness (QED) is 0.794. The van der Waals surface area contributed by atoms with Crippen LogP contribution in [0.2, 0.25) is 0 Å². The summed E-state index contributed by atoms with van der Waals surface area (Å²) in [6, 6.07) is 4.52. The summed E-state index contributed by atoms with van der Waals surface area (Å²) >= 11 is 0. The van der Waals surface area contributed by atoms with E-state index in [1.807, 2.05) is 0 Å². The lowest BCUT2D eigenvalue weighted by atomic mass is 10.1. The Morgan fingerprint density at radius 2 is 2.16 bits per heavy atom. The first-order valence-electron chi connectivity index (χ1n) is 7.99. The molecule has 0 atom stereocenters. The van der Waals surface area contributed by atoms with Gasteiger partial charge in [0.1, 0.15) is 5.82 Å². The Bertz CT molecular complexity index is 814. The number of aliphatic carboxylic acids is 1. The van der Waals surface area contributed by atoms with Crippen molar-refractivity contribution in [2.75, 3.05) is 6.54 Å². The minimum absolute atomic E-state index is 0.125. The van der Waals surface area contributed by atoms with Crippen LogP contribution in [0.4, 0.5) is 4.39 Å². The van der Waals surface area contributed by atoms with E-state index in [0.29, 0.717) is 35.7 Å². The van der Waals surface area contributed by atoms with E-state index < -0.39 is 11.4 Å². The van der Waals surface area contributed by atoms with Crippen molar-refractivity contribution in [1.29, 1.82) is 0 Å². The number of hydrogen-bond acceptors (Lipinski definition) is 5. The summed E-state index contributed by atoms with van der Waals surface area (Å²) in [5.41, 5.74) is 0.333. The molecule has 1 fully saturated rings. The maximum absolute atomic E-state index is 13.3. The van der Waals surface area contributed by atoms with E-state index >= 15 is 0 Å². The molecule has 1 aromatic carbocycles. The van der Waals surface area contributed by atoms with Crippen LogP contribution in [0.15, 0.2) is 22.7 Å². The first kappa shape index (κ1) is 17.1. The van der Waals surface area contributed by atoms with Gasteiger partial charge in [-0.1, -0.05) is 5.16 Å². The zero-order valence-electron chi connectivity index (χ0n) is 13.7. The highest BCUT2D eigenvalue weighted by Gasteiger charge is 2.50. The molecule has 0 aliphatic heterocycles. The van der Waals surface area contributed by atoms with Crippen LogP contribution < -0.4 is 5.32 Å². The van der Waals surface area contributed by atoms with Gasteiger partial charge in [0.2, 0.25) is 17.6 Å². The smallest absolute Gasteiger partial charge is 0.311 e. The molecule has 0 saturated heterocycles. The van der Waals surface area contributed by atoms with Crippen molar-refractivity contribution in [3.8, 4) is 11.4 Å². The number of nitrogens with one attached hydrogen (secondary N) is 1. The van der Waals surface area contributed by atoms with Gasteiger partial charge >= 0.3 is 5.97 Å². The predicted octanol–water partition coefficient (Wildman–Crippen LogP) is 2.10. The lowest BCUT2D eigenvalue weighted by Gasteiger charge is -2.10. The average Bonchev–Trinajstić information content (AvgIpc) is 3.24. The number of nitrogens with zero attached hydrogens (tertiary/aromatic N) is 2. The van der Waals surface area contributed by atoms with Crippen LogP contribution in [-0.4, -0.2) is 33.7 Å². The molecule has 1 aromatic heterocycles. The summed E-state index contributed by atoms with van der Waals surface area (Å²) in [6.07, 6.45) is 1.55. The molecule has 0 radical (unpaired) electrons. The van der Waals surface area contributed by atoms with Gasteiger partial charge in [-0.15, -0.1) is 0 Å². The van der Waals surface area contributed by atoms with Crippen LogP contribution in [0, 0.1) is 18.2 Å². The highest BCUT2D eigenvalue weighted by Crippen LogP contribution is 2.45. The molecule has 1 heterocycles. The molecule has 7 nitrogen and oxygen atoms in total. The van der Waals surface area contributed by atoms with Crippen molar-refractivity contribution in [3.05, 3.63) is 35.5 Å². The second-order valence-corrected chi connectivity index (χ2v) is 6.34. The maximum atomic E-state index is 13.3. The van der Waals surface area contributed by atoms with Gasteiger partial charge in [-0.05, 0) is 43.5 Å². The van der Waals surface area contributed by atoms with Crippen molar-refractivity contribution < 1.29 is 23.6 Å². The van der Waals surface area contributed by atoms with Crippen LogP contribution in [0.5, 0.6) is 0 Å². The van der Waals surface area contributed by atoms with Gasteiger partial charge < -0.3 is 14.9 Å². The second-order valence-electron chi connectivity index (χ2n) is 6.34. The molecule has 1 saturated carbocycles. The van der Waals surface area contributed by atoms with E-state index in [0.717, 1.165) is 0 Å². The number of rotatable bonds is 7. The molecule has 1 aliphatic rings. The molecule has 132 valence electrons. The number of carbonyl (C=O) groups is 2. The van der Waals surface area contributed by atoms with Gasteiger partial charge in [-0.3, -0.25) is 9.59 Å². The van der Waals surface area contributed by atoms with E-state index in [4.69, 9.17) is 9.63 Å². The van der Waals surface area contributed by atoms with Gasteiger partial charge in [0.15, 0.2) is 0 Å². The molecule has 25 heavy (non-hydrogen) atoms. The molecule has 1 amide bonds. The van der Waals surface area contributed by atoms with Crippen LogP contribution in [0.25, 0.3) is 11.4 Å². The van der Waals surface area contributed by atoms with Crippen molar-refractivity contribution >= 4 is 11.9 Å². The van der Waals surface area contributed by atoms with Crippen molar-refractivity contribution in [1.82, 2.24) is 15.5 Å². The third-order valence-corrected chi connectivity index (χ3v) is 4.38. The zero-order valence-corrected chi connectivity index (χ0v) is 13.7. The first-order chi connectivity index (χ1) is 11.9. The van der Waals surface area contributed by atoms with E-state index in [9.17, 15) is 14.0 Å². The molecule has 0 spiro atoms. The molecule has 2 N–H and O–H groups in total. The zero-order chi connectivity index (χ0) is 18.0. The topological polar surface area (TPSA) is 105 Å². The average molecular weight is 347 g/mol. The minimum Gasteiger partial charge on any atom is -0.481 e. The molecule has 0 unspecified atom stereocenters. The van der Waals surface area contributed by atoms with Gasteiger partial charge in [0.25, 0.3) is 0 Å². The third kappa shape index (κ3) is 3.84. The lowest BCUT2D eigenvalue weighted by molar-refractivity contribution is -0.143. The molecule has 3 rings (SSSR count). The maximum Gasteiger partial charge on any atom is 0.311 e. The minimum atomic E-state index is -0.871. The normalized spacial score (nSPS) is 15.0. The second kappa shape index (κ2) is 6.62. The number of carboxylic acids is 1. The molecular formula is C17H18FN3O4. The Balaban J connectivity index is 1.52.